The van der Waals surface area contributed by atoms with E-state index in [1.54, 1.807) is 0 Å². The third kappa shape index (κ3) is 3.67. The summed E-state index contributed by atoms with van der Waals surface area (Å²) in [6.07, 6.45) is 0. The van der Waals surface area contributed by atoms with Crippen LogP contribution in [0.1, 0.15) is 16.0 Å². The third-order valence-corrected chi connectivity index (χ3v) is 4.16. The monoisotopic (exact) mass is 262 g/mol. The van der Waals surface area contributed by atoms with E-state index in [9.17, 15) is 5.11 Å². The van der Waals surface area contributed by atoms with Crippen LogP contribution in [-0.2, 0) is 13.1 Å². The van der Waals surface area contributed by atoms with Crippen LogP contribution in [-0.4, -0.2) is 18.3 Å². The molecule has 0 aliphatic rings. The van der Waals surface area contributed by atoms with Crippen molar-refractivity contribution in [3.05, 3.63) is 57.8 Å². The van der Waals surface area contributed by atoms with Crippen molar-refractivity contribution >= 4 is 11.3 Å². The van der Waals surface area contributed by atoms with E-state index in [0.29, 0.717) is 0 Å². The molecular formula is C15H20NOS+. The molecule has 0 aliphatic carbocycles. The summed E-state index contributed by atoms with van der Waals surface area (Å²) in [6.45, 7) is 5.17. The SMILES string of the molecule is Cc1ccsc1C[NH+](CCO)Cc1ccccc1. The molecule has 0 saturated heterocycles. The van der Waals surface area contributed by atoms with Gasteiger partial charge in [-0.3, -0.25) is 0 Å². The fourth-order valence-corrected chi connectivity index (χ4v) is 3.07. The van der Waals surface area contributed by atoms with Crippen LogP contribution in [0.15, 0.2) is 41.8 Å². The van der Waals surface area contributed by atoms with Crippen LogP contribution in [0.25, 0.3) is 0 Å². The highest BCUT2D eigenvalue weighted by Gasteiger charge is 2.12. The van der Waals surface area contributed by atoms with Gasteiger partial charge in [-0.05, 0) is 23.9 Å². The van der Waals surface area contributed by atoms with Crippen LogP contribution in [0.2, 0.25) is 0 Å². The second-order valence-corrected chi connectivity index (χ2v) is 5.59. The largest absolute Gasteiger partial charge is 0.391 e. The molecule has 3 heteroatoms. The van der Waals surface area contributed by atoms with E-state index < -0.39 is 0 Å². The van der Waals surface area contributed by atoms with Gasteiger partial charge in [-0.1, -0.05) is 30.3 Å². The van der Waals surface area contributed by atoms with Crippen LogP contribution in [0.4, 0.5) is 0 Å². The van der Waals surface area contributed by atoms with Crippen LogP contribution in [0.5, 0.6) is 0 Å². The Bertz CT molecular complexity index is 466. The number of rotatable bonds is 6. The Labute approximate surface area is 113 Å². The predicted molar refractivity (Wildman–Crippen MR) is 75.8 cm³/mol. The van der Waals surface area contributed by atoms with E-state index in [-0.39, 0.29) is 6.61 Å². The Morgan fingerprint density at radius 3 is 2.50 bits per heavy atom. The molecular weight excluding hydrogens is 242 g/mol. The maximum absolute atomic E-state index is 9.20. The van der Waals surface area contributed by atoms with Gasteiger partial charge >= 0.3 is 0 Å². The zero-order valence-electron chi connectivity index (χ0n) is 10.7. The molecule has 0 fully saturated rings. The topological polar surface area (TPSA) is 24.7 Å². The molecule has 2 nitrogen and oxygen atoms in total. The number of quaternary nitrogens is 1. The molecule has 2 rings (SSSR count). The molecule has 18 heavy (non-hydrogen) atoms. The van der Waals surface area contributed by atoms with Crippen LogP contribution in [0.3, 0.4) is 0 Å². The Morgan fingerprint density at radius 2 is 1.89 bits per heavy atom. The minimum Gasteiger partial charge on any atom is -0.391 e. The van der Waals surface area contributed by atoms with E-state index in [1.165, 1.54) is 20.9 Å². The summed E-state index contributed by atoms with van der Waals surface area (Å²) in [7, 11) is 0. The standard InChI is InChI=1S/C15H19NOS/c1-13-7-10-18-15(13)12-16(8-9-17)11-14-5-3-2-4-6-14/h2-7,10,17H,8-9,11-12H2,1H3/p+1. The lowest BCUT2D eigenvalue weighted by Gasteiger charge is -2.18. The molecule has 0 spiro atoms. The number of benzene rings is 1. The summed E-state index contributed by atoms with van der Waals surface area (Å²) < 4.78 is 0. The third-order valence-electron chi connectivity index (χ3n) is 3.14. The Kier molecular flexibility index (Phi) is 4.93. The lowest BCUT2D eigenvalue weighted by Crippen LogP contribution is -3.09. The summed E-state index contributed by atoms with van der Waals surface area (Å²) in [5.41, 5.74) is 2.69. The van der Waals surface area contributed by atoms with E-state index in [0.717, 1.165) is 19.6 Å². The molecule has 0 amide bonds. The number of aryl methyl sites for hydroxylation is 1. The van der Waals surface area contributed by atoms with E-state index >= 15 is 0 Å². The molecule has 2 aromatic rings. The molecule has 1 aromatic heterocycles. The number of nitrogens with one attached hydrogen (secondary N) is 1. The first kappa shape index (κ1) is 13.3. The van der Waals surface area contributed by atoms with Crippen LogP contribution < -0.4 is 4.90 Å². The van der Waals surface area contributed by atoms with Crippen molar-refractivity contribution in [3.63, 3.8) is 0 Å². The second-order valence-electron chi connectivity index (χ2n) is 4.59. The van der Waals surface area contributed by atoms with Gasteiger partial charge in [0.2, 0.25) is 0 Å². The van der Waals surface area contributed by atoms with E-state index in [4.69, 9.17) is 0 Å². The summed E-state index contributed by atoms with van der Waals surface area (Å²) in [5, 5.41) is 11.3. The molecule has 0 aliphatic heterocycles. The second kappa shape index (κ2) is 6.69. The molecule has 1 atom stereocenters. The lowest BCUT2D eigenvalue weighted by molar-refractivity contribution is -0.927. The smallest absolute Gasteiger partial charge is 0.113 e. The van der Waals surface area contributed by atoms with E-state index in [2.05, 4.69) is 42.6 Å². The highest BCUT2D eigenvalue weighted by atomic mass is 32.1. The highest BCUT2D eigenvalue weighted by molar-refractivity contribution is 7.10. The van der Waals surface area contributed by atoms with Gasteiger partial charge in [0.1, 0.15) is 19.6 Å². The van der Waals surface area contributed by atoms with Crippen molar-refractivity contribution in [2.24, 2.45) is 0 Å². The Balaban J connectivity index is 2.02. The van der Waals surface area contributed by atoms with Crippen molar-refractivity contribution in [1.29, 1.82) is 0 Å². The molecule has 0 bridgehead atoms. The maximum Gasteiger partial charge on any atom is 0.113 e. The number of hydrogen-bond donors (Lipinski definition) is 2. The summed E-state index contributed by atoms with van der Waals surface area (Å²) >= 11 is 1.81. The average Bonchev–Trinajstić information content (AvgIpc) is 2.77. The van der Waals surface area contributed by atoms with Gasteiger partial charge in [-0.25, -0.2) is 0 Å². The maximum atomic E-state index is 9.20. The van der Waals surface area contributed by atoms with Gasteiger partial charge in [-0.15, -0.1) is 11.3 Å². The lowest BCUT2D eigenvalue weighted by atomic mass is 10.2. The molecule has 0 saturated carbocycles. The summed E-state index contributed by atoms with van der Waals surface area (Å²) in [5.74, 6) is 0. The summed E-state index contributed by atoms with van der Waals surface area (Å²) in [4.78, 5) is 2.84. The summed E-state index contributed by atoms with van der Waals surface area (Å²) in [6, 6.07) is 12.7. The van der Waals surface area contributed by atoms with Crippen molar-refractivity contribution in [3.8, 4) is 0 Å². The first-order valence-corrected chi connectivity index (χ1v) is 7.19. The molecule has 96 valence electrons. The number of aliphatic hydroxyl groups is 1. The van der Waals surface area contributed by atoms with Crippen LogP contribution in [0, 0.1) is 6.92 Å². The Morgan fingerprint density at radius 1 is 1.11 bits per heavy atom. The van der Waals surface area contributed by atoms with Crippen LogP contribution >= 0.6 is 11.3 Å². The number of aliphatic hydroxyl groups excluding tert-OH is 1. The highest BCUT2D eigenvalue weighted by Crippen LogP contribution is 2.13. The van der Waals surface area contributed by atoms with Crippen molar-refractivity contribution < 1.29 is 10.0 Å². The normalized spacial score (nSPS) is 12.6. The van der Waals surface area contributed by atoms with Crippen molar-refractivity contribution in [1.82, 2.24) is 0 Å². The minimum atomic E-state index is 0.243. The van der Waals surface area contributed by atoms with Crippen molar-refractivity contribution in [2.45, 2.75) is 20.0 Å². The first-order chi connectivity index (χ1) is 8.79. The molecule has 2 N–H and O–H groups in total. The first-order valence-electron chi connectivity index (χ1n) is 6.31. The predicted octanol–water partition coefficient (Wildman–Crippen LogP) is 1.63. The average molecular weight is 262 g/mol. The molecule has 0 radical (unpaired) electrons. The van der Waals surface area contributed by atoms with Gasteiger partial charge < -0.3 is 10.0 Å². The van der Waals surface area contributed by atoms with Gasteiger partial charge in [0.15, 0.2) is 0 Å². The fraction of sp³-hybridized carbons (Fsp3) is 0.333. The van der Waals surface area contributed by atoms with Gasteiger partial charge in [-0.2, -0.15) is 0 Å². The van der Waals surface area contributed by atoms with Crippen molar-refractivity contribution in [2.75, 3.05) is 13.2 Å². The van der Waals surface area contributed by atoms with Gasteiger partial charge in [0, 0.05) is 5.56 Å². The molecule has 1 unspecified atom stereocenters. The zero-order chi connectivity index (χ0) is 12.8. The van der Waals surface area contributed by atoms with E-state index in [1.807, 2.05) is 17.4 Å². The zero-order valence-corrected chi connectivity index (χ0v) is 11.5. The molecule has 1 aromatic carbocycles. The molecule has 1 heterocycles. The fourth-order valence-electron chi connectivity index (χ4n) is 2.09. The number of hydrogen-bond acceptors (Lipinski definition) is 2. The van der Waals surface area contributed by atoms with Gasteiger partial charge in [0.05, 0.1) is 11.5 Å². The quantitative estimate of drug-likeness (QED) is 0.812. The number of thiophene rings is 1. The minimum absolute atomic E-state index is 0.243. The Hall–Kier alpha value is -1.16. The van der Waals surface area contributed by atoms with Gasteiger partial charge in [0.25, 0.3) is 0 Å².